The Labute approximate surface area is 97.5 Å². The van der Waals surface area contributed by atoms with Crippen LogP contribution in [0.15, 0.2) is 0 Å². The Hall–Kier alpha value is -0.410. The Balaban J connectivity index is 2.12. The molecular formula is C13H22O3. The van der Waals surface area contributed by atoms with Gasteiger partial charge in [0.25, 0.3) is 0 Å². The maximum atomic E-state index is 12.1. The predicted molar refractivity (Wildman–Crippen MR) is 61.1 cm³/mol. The molecule has 1 aliphatic carbocycles. The fourth-order valence-corrected chi connectivity index (χ4v) is 2.93. The van der Waals surface area contributed by atoms with E-state index in [2.05, 4.69) is 0 Å². The number of hydrogen-bond donors (Lipinski definition) is 0. The van der Waals surface area contributed by atoms with Gasteiger partial charge in [-0.15, -0.1) is 0 Å². The molecule has 2 fully saturated rings. The third-order valence-electron chi connectivity index (χ3n) is 3.99. The van der Waals surface area contributed by atoms with Crippen LogP contribution in [0.2, 0.25) is 0 Å². The SMILES string of the molecule is CCC(=O)C1(C2CCOC(C)(C)O2)CCC1. The maximum absolute atomic E-state index is 12.1. The molecule has 92 valence electrons. The van der Waals surface area contributed by atoms with E-state index in [4.69, 9.17) is 9.47 Å². The quantitative estimate of drug-likeness (QED) is 0.742. The van der Waals surface area contributed by atoms with Crippen molar-refractivity contribution >= 4 is 5.78 Å². The molecule has 0 N–H and O–H groups in total. The monoisotopic (exact) mass is 226 g/mol. The summed E-state index contributed by atoms with van der Waals surface area (Å²) in [6.45, 7) is 6.52. The minimum absolute atomic E-state index is 0.0671. The summed E-state index contributed by atoms with van der Waals surface area (Å²) in [6, 6.07) is 0. The Morgan fingerprint density at radius 2 is 2.06 bits per heavy atom. The van der Waals surface area contributed by atoms with E-state index in [0.717, 1.165) is 25.7 Å². The van der Waals surface area contributed by atoms with E-state index in [1.807, 2.05) is 20.8 Å². The van der Waals surface area contributed by atoms with Gasteiger partial charge in [0.05, 0.1) is 18.1 Å². The second kappa shape index (κ2) is 4.11. The summed E-state index contributed by atoms with van der Waals surface area (Å²) in [5.74, 6) is -0.152. The van der Waals surface area contributed by atoms with E-state index >= 15 is 0 Å². The maximum Gasteiger partial charge on any atom is 0.163 e. The van der Waals surface area contributed by atoms with Gasteiger partial charge in [0.1, 0.15) is 5.78 Å². The topological polar surface area (TPSA) is 35.5 Å². The highest BCUT2D eigenvalue weighted by atomic mass is 16.7. The van der Waals surface area contributed by atoms with Gasteiger partial charge >= 0.3 is 0 Å². The molecule has 0 bridgehead atoms. The Morgan fingerprint density at radius 3 is 2.50 bits per heavy atom. The number of carbonyl (C=O) groups is 1. The van der Waals surface area contributed by atoms with Gasteiger partial charge in [-0.25, -0.2) is 0 Å². The molecule has 3 nitrogen and oxygen atoms in total. The van der Waals surface area contributed by atoms with E-state index in [1.54, 1.807) is 0 Å². The standard InChI is InChI=1S/C13H22O3/c1-4-10(14)13(7-5-8-13)11-6-9-15-12(2,3)16-11/h11H,4-9H2,1-3H3. The average molecular weight is 226 g/mol. The zero-order valence-electron chi connectivity index (χ0n) is 10.5. The summed E-state index contributed by atoms with van der Waals surface area (Å²) in [4.78, 5) is 12.1. The third-order valence-corrected chi connectivity index (χ3v) is 3.99. The number of carbonyl (C=O) groups excluding carboxylic acids is 1. The fraction of sp³-hybridized carbons (Fsp3) is 0.923. The average Bonchev–Trinajstić information content (AvgIpc) is 2.14. The predicted octanol–water partition coefficient (Wildman–Crippen LogP) is 2.68. The van der Waals surface area contributed by atoms with Crippen molar-refractivity contribution in [3.63, 3.8) is 0 Å². The first-order chi connectivity index (χ1) is 7.50. The molecule has 1 atom stereocenters. The first kappa shape index (κ1) is 12.1. The summed E-state index contributed by atoms with van der Waals surface area (Å²) in [7, 11) is 0. The molecule has 0 aromatic rings. The van der Waals surface area contributed by atoms with Crippen molar-refractivity contribution in [2.75, 3.05) is 6.61 Å². The van der Waals surface area contributed by atoms with Crippen LogP contribution in [0.3, 0.4) is 0 Å². The number of hydrogen-bond acceptors (Lipinski definition) is 3. The largest absolute Gasteiger partial charge is 0.350 e. The van der Waals surface area contributed by atoms with Crippen molar-refractivity contribution in [2.24, 2.45) is 5.41 Å². The molecule has 0 amide bonds. The number of ketones is 1. The zero-order chi connectivity index (χ0) is 11.8. The lowest BCUT2D eigenvalue weighted by molar-refractivity contribution is -0.297. The molecule has 0 aromatic carbocycles. The molecule has 2 aliphatic rings. The minimum atomic E-state index is -0.528. The van der Waals surface area contributed by atoms with Gasteiger partial charge in [-0.1, -0.05) is 13.3 Å². The molecule has 3 heteroatoms. The molecule has 0 aromatic heterocycles. The molecule has 1 aliphatic heterocycles. The van der Waals surface area contributed by atoms with Crippen LogP contribution in [0.25, 0.3) is 0 Å². The highest BCUT2D eigenvalue weighted by Crippen LogP contribution is 2.49. The zero-order valence-corrected chi connectivity index (χ0v) is 10.5. The van der Waals surface area contributed by atoms with Crippen LogP contribution in [0, 0.1) is 5.41 Å². The molecule has 2 rings (SSSR count). The van der Waals surface area contributed by atoms with Gasteiger partial charge in [0.2, 0.25) is 0 Å². The summed E-state index contributed by atoms with van der Waals surface area (Å²) in [5, 5.41) is 0. The second-order valence-corrected chi connectivity index (χ2v) is 5.43. The van der Waals surface area contributed by atoms with Crippen molar-refractivity contribution in [2.45, 2.75) is 64.8 Å². The van der Waals surface area contributed by atoms with Crippen molar-refractivity contribution in [1.29, 1.82) is 0 Å². The third kappa shape index (κ3) is 1.91. The van der Waals surface area contributed by atoms with E-state index in [-0.39, 0.29) is 11.5 Å². The lowest BCUT2D eigenvalue weighted by Gasteiger charge is -2.50. The van der Waals surface area contributed by atoms with Gasteiger partial charge in [0, 0.05) is 6.42 Å². The Kier molecular flexibility index (Phi) is 3.10. The fourth-order valence-electron chi connectivity index (χ4n) is 2.93. The first-order valence-corrected chi connectivity index (χ1v) is 6.35. The molecule has 1 unspecified atom stereocenters. The minimum Gasteiger partial charge on any atom is -0.350 e. The smallest absolute Gasteiger partial charge is 0.163 e. The summed E-state index contributed by atoms with van der Waals surface area (Å²) < 4.78 is 11.5. The van der Waals surface area contributed by atoms with Crippen molar-refractivity contribution in [3.8, 4) is 0 Å². The number of ether oxygens (including phenoxy) is 2. The summed E-state index contributed by atoms with van der Waals surface area (Å²) in [5.41, 5.74) is -0.185. The highest BCUT2D eigenvalue weighted by molar-refractivity contribution is 5.86. The summed E-state index contributed by atoms with van der Waals surface area (Å²) in [6.07, 6.45) is 4.71. The Bertz CT molecular complexity index is 279. The lowest BCUT2D eigenvalue weighted by atomic mass is 9.61. The normalized spacial score (nSPS) is 31.8. The molecule has 16 heavy (non-hydrogen) atoms. The van der Waals surface area contributed by atoms with Gasteiger partial charge in [0.15, 0.2) is 5.79 Å². The van der Waals surface area contributed by atoms with Crippen LogP contribution >= 0.6 is 0 Å². The van der Waals surface area contributed by atoms with E-state index in [0.29, 0.717) is 18.8 Å². The molecule has 0 radical (unpaired) electrons. The molecular weight excluding hydrogens is 204 g/mol. The van der Waals surface area contributed by atoms with Crippen LogP contribution < -0.4 is 0 Å². The lowest BCUT2D eigenvalue weighted by Crippen LogP contribution is -2.54. The molecule has 1 heterocycles. The van der Waals surface area contributed by atoms with Gasteiger partial charge < -0.3 is 9.47 Å². The van der Waals surface area contributed by atoms with E-state index in [9.17, 15) is 4.79 Å². The van der Waals surface area contributed by atoms with Crippen LogP contribution in [-0.4, -0.2) is 24.3 Å². The van der Waals surface area contributed by atoms with Gasteiger partial charge in [-0.05, 0) is 33.1 Å². The summed E-state index contributed by atoms with van der Waals surface area (Å²) >= 11 is 0. The molecule has 1 saturated heterocycles. The Morgan fingerprint density at radius 1 is 1.38 bits per heavy atom. The first-order valence-electron chi connectivity index (χ1n) is 6.35. The second-order valence-electron chi connectivity index (χ2n) is 5.43. The van der Waals surface area contributed by atoms with Gasteiger partial charge in [-0.2, -0.15) is 0 Å². The highest BCUT2D eigenvalue weighted by Gasteiger charge is 2.52. The van der Waals surface area contributed by atoms with Crippen molar-refractivity contribution in [3.05, 3.63) is 0 Å². The van der Waals surface area contributed by atoms with Crippen molar-refractivity contribution in [1.82, 2.24) is 0 Å². The number of rotatable bonds is 3. The van der Waals surface area contributed by atoms with E-state index < -0.39 is 5.79 Å². The van der Waals surface area contributed by atoms with Crippen molar-refractivity contribution < 1.29 is 14.3 Å². The van der Waals surface area contributed by atoms with Gasteiger partial charge in [-0.3, -0.25) is 4.79 Å². The molecule has 1 saturated carbocycles. The van der Waals surface area contributed by atoms with E-state index in [1.165, 1.54) is 0 Å². The van der Waals surface area contributed by atoms with Crippen LogP contribution in [0.5, 0.6) is 0 Å². The molecule has 0 spiro atoms. The van der Waals surface area contributed by atoms with Crippen LogP contribution in [0.1, 0.15) is 52.9 Å². The number of Topliss-reactive ketones (excluding diaryl/α,β-unsaturated/α-hetero) is 1. The van der Waals surface area contributed by atoms with Crippen LogP contribution in [0.4, 0.5) is 0 Å². The van der Waals surface area contributed by atoms with Crippen LogP contribution in [-0.2, 0) is 14.3 Å².